The highest BCUT2D eigenvalue weighted by molar-refractivity contribution is 7.89. The second kappa shape index (κ2) is 5.46. The highest BCUT2D eigenvalue weighted by Crippen LogP contribution is 2.23. The average Bonchev–Trinajstić information content (AvgIpc) is 2.25. The van der Waals surface area contributed by atoms with Gasteiger partial charge in [0.2, 0.25) is 0 Å². The predicted octanol–water partition coefficient (Wildman–Crippen LogP) is 2.05. The molecule has 0 aromatic heterocycles. The van der Waals surface area contributed by atoms with Crippen LogP contribution in [0.5, 0.6) is 0 Å². The summed E-state index contributed by atoms with van der Waals surface area (Å²) in [4.78, 5) is 17.3. The molecule has 2 N–H and O–H groups in total. The van der Waals surface area contributed by atoms with Crippen molar-refractivity contribution in [1.29, 1.82) is 0 Å². The molecule has 1 aromatic rings. The molecule has 1 aromatic carbocycles. The Balaban J connectivity index is 3.14. The number of hydrogen-bond donors (Lipinski definition) is 2. The minimum Gasteiger partial charge on any atom is -0.478 e. The molecule has 19 heavy (non-hydrogen) atoms. The molecule has 0 radical (unpaired) electrons. The fourth-order valence-corrected chi connectivity index (χ4v) is 2.55. The topological polar surface area (TPSA) is 92.7 Å². The smallest absolute Gasteiger partial charge is 0.335 e. The van der Waals surface area contributed by atoms with Crippen molar-refractivity contribution < 1.29 is 23.2 Å². The summed E-state index contributed by atoms with van der Waals surface area (Å²) in [6.07, 6.45) is 0. The van der Waals surface area contributed by atoms with Gasteiger partial charge < -0.3 is 5.11 Å². The van der Waals surface area contributed by atoms with E-state index in [1.165, 1.54) is 12.1 Å². The van der Waals surface area contributed by atoms with E-state index in [2.05, 4.69) is 0 Å². The number of aromatic carboxylic acids is 1. The summed E-state index contributed by atoms with van der Waals surface area (Å²) in [5.41, 5.74) is -0.912. The molecule has 0 heterocycles. The van der Waals surface area contributed by atoms with Gasteiger partial charge in [-0.15, -0.1) is 0 Å². The van der Waals surface area contributed by atoms with Crippen LogP contribution in [-0.4, -0.2) is 25.1 Å². The van der Waals surface area contributed by atoms with Crippen LogP contribution >= 0.6 is 11.6 Å². The number of carbonyl (C=O) groups is 1. The maximum atomic E-state index is 12.0. The Hall–Kier alpha value is -1.15. The maximum absolute atomic E-state index is 12.0. The van der Waals surface area contributed by atoms with Crippen molar-refractivity contribution in [3.05, 3.63) is 28.8 Å². The number of sulfonamides is 1. The molecule has 0 aliphatic rings. The van der Waals surface area contributed by atoms with E-state index in [1.807, 2.05) is 4.89 Å². The van der Waals surface area contributed by atoms with Crippen molar-refractivity contribution in [2.45, 2.75) is 31.3 Å². The molecule has 0 atom stereocenters. The van der Waals surface area contributed by atoms with E-state index in [4.69, 9.17) is 21.5 Å². The van der Waals surface area contributed by atoms with Crippen LogP contribution in [0.3, 0.4) is 0 Å². The van der Waals surface area contributed by atoms with Crippen LogP contribution in [0, 0.1) is 0 Å². The van der Waals surface area contributed by atoms with Gasteiger partial charge in [0.05, 0.1) is 16.2 Å². The number of hydrogen-bond acceptors (Lipinski definition) is 4. The molecule has 0 saturated heterocycles. The van der Waals surface area contributed by atoms with Crippen molar-refractivity contribution in [3.63, 3.8) is 0 Å². The van der Waals surface area contributed by atoms with Crippen LogP contribution in [0.2, 0.25) is 5.02 Å². The number of carboxylic acid groups (broad SMARTS) is 1. The number of carboxylic acids is 1. The molecule has 0 amide bonds. The number of rotatable bonds is 4. The Morgan fingerprint density at radius 1 is 1.37 bits per heavy atom. The van der Waals surface area contributed by atoms with E-state index >= 15 is 0 Å². The second-order valence-corrected chi connectivity index (χ2v) is 6.77. The SMILES string of the molecule is CC(C)(C)ONS(=O)(=O)c1cc(C(=O)O)ccc1Cl. The van der Waals surface area contributed by atoms with Gasteiger partial charge in [0.15, 0.2) is 0 Å². The van der Waals surface area contributed by atoms with Crippen LogP contribution in [0.15, 0.2) is 23.1 Å². The first kappa shape index (κ1) is 15.9. The van der Waals surface area contributed by atoms with Crippen molar-refractivity contribution in [3.8, 4) is 0 Å². The molecule has 1 rings (SSSR count). The van der Waals surface area contributed by atoms with Crippen LogP contribution in [0.1, 0.15) is 31.1 Å². The summed E-state index contributed by atoms with van der Waals surface area (Å²) >= 11 is 5.77. The van der Waals surface area contributed by atoms with Gasteiger partial charge in [0, 0.05) is 0 Å². The molecule has 0 unspecified atom stereocenters. The Bertz CT molecular complexity index is 592. The molecule has 0 fully saturated rings. The summed E-state index contributed by atoms with van der Waals surface area (Å²) in [7, 11) is -4.05. The van der Waals surface area contributed by atoms with Gasteiger partial charge in [0.25, 0.3) is 10.0 Å². The third-order valence-electron chi connectivity index (χ3n) is 1.93. The number of nitrogens with one attached hydrogen (secondary N) is 1. The molecule has 106 valence electrons. The van der Waals surface area contributed by atoms with Crippen LogP contribution in [0.4, 0.5) is 0 Å². The zero-order chi connectivity index (χ0) is 14.8. The summed E-state index contributed by atoms with van der Waals surface area (Å²) in [6.45, 7) is 4.97. The predicted molar refractivity (Wildman–Crippen MR) is 69.6 cm³/mol. The minimum atomic E-state index is -4.05. The van der Waals surface area contributed by atoms with Crippen LogP contribution in [-0.2, 0) is 14.9 Å². The summed E-state index contributed by atoms with van der Waals surface area (Å²) in [5.74, 6) is -1.25. The molecule has 0 spiro atoms. The second-order valence-electron chi connectivity index (χ2n) is 4.75. The first-order valence-electron chi connectivity index (χ1n) is 5.25. The van der Waals surface area contributed by atoms with E-state index in [0.29, 0.717) is 0 Å². The summed E-state index contributed by atoms with van der Waals surface area (Å²) in [5, 5.41) is 8.75. The summed E-state index contributed by atoms with van der Waals surface area (Å²) in [6, 6.07) is 3.39. The van der Waals surface area contributed by atoms with Gasteiger partial charge in [-0.1, -0.05) is 16.5 Å². The minimum absolute atomic E-state index is 0.0880. The normalized spacial score (nSPS) is 12.4. The van der Waals surface area contributed by atoms with Gasteiger partial charge in [-0.05, 0) is 39.0 Å². The zero-order valence-electron chi connectivity index (χ0n) is 10.6. The average molecular weight is 308 g/mol. The lowest BCUT2D eigenvalue weighted by molar-refractivity contribution is -0.0357. The summed E-state index contributed by atoms with van der Waals surface area (Å²) < 4.78 is 23.9. The maximum Gasteiger partial charge on any atom is 0.335 e. The van der Waals surface area contributed by atoms with Gasteiger partial charge in [0.1, 0.15) is 4.90 Å². The first-order valence-corrected chi connectivity index (χ1v) is 7.12. The largest absolute Gasteiger partial charge is 0.478 e. The highest BCUT2D eigenvalue weighted by atomic mass is 35.5. The molecule has 0 bridgehead atoms. The Morgan fingerprint density at radius 3 is 2.42 bits per heavy atom. The van der Waals surface area contributed by atoms with Crippen LogP contribution in [0.25, 0.3) is 0 Å². The molecular weight excluding hydrogens is 294 g/mol. The molecule has 0 aliphatic carbocycles. The Morgan fingerprint density at radius 2 is 1.95 bits per heavy atom. The van der Waals surface area contributed by atoms with Gasteiger partial charge in [-0.25, -0.2) is 13.2 Å². The van der Waals surface area contributed by atoms with Gasteiger partial charge >= 0.3 is 5.97 Å². The van der Waals surface area contributed by atoms with Gasteiger partial charge in [-0.2, -0.15) is 0 Å². The standard InChI is InChI=1S/C11H14ClNO5S/c1-11(2,3)18-13-19(16,17)9-6-7(10(14)15)4-5-8(9)12/h4-6,13H,1-3H3,(H,14,15). The van der Waals surface area contributed by atoms with Crippen molar-refractivity contribution >= 4 is 27.6 Å². The third-order valence-corrected chi connectivity index (χ3v) is 3.59. The molecular formula is C11H14ClNO5S. The first-order chi connectivity index (χ1) is 8.53. The lowest BCUT2D eigenvalue weighted by Gasteiger charge is -2.19. The zero-order valence-corrected chi connectivity index (χ0v) is 12.2. The lowest BCUT2D eigenvalue weighted by atomic mass is 10.2. The molecule has 0 saturated carbocycles. The molecule has 8 heteroatoms. The quantitative estimate of drug-likeness (QED) is 0.830. The van der Waals surface area contributed by atoms with Crippen LogP contribution < -0.4 is 4.89 Å². The van der Waals surface area contributed by atoms with E-state index < -0.39 is 21.6 Å². The molecule has 0 aliphatic heterocycles. The Labute approximate surface area is 116 Å². The van der Waals surface area contributed by atoms with Crippen molar-refractivity contribution in [2.24, 2.45) is 0 Å². The van der Waals surface area contributed by atoms with Crippen molar-refractivity contribution in [1.82, 2.24) is 4.89 Å². The van der Waals surface area contributed by atoms with Crippen molar-refractivity contribution in [2.75, 3.05) is 0 Å². The Kier molecular flexibility index (Phi) is 4.57. The fourth-order valence-electron chi connectivity index (χ4n) is 1.07. The van der Waals surface area contributed by atoms with Gasteiger partial charge in [-0.3, -0.25) is 4.84 Å². The van der Waals surface area contributed by atoms with E-state index in [-0.39, 0.29) is 15.5 Å². The fraction of sp³-hybridized carbons (Fsp3) is 0.364. The van der Waals surface area contributed by atoms with E-state index in [9.17, 15) is 13.2 Å². The monoisotopic (exact) mass is 307 g/mol. The molecule has 6 nitrogen and oxygen atoms in total. The van der Waals surface area contributed by atoms with E-state index in [0.717, 1.165) is 6.07 Å². The lowest BCUT2D eigenvalue weighted by Crippen LogP contribution is -2.33. The van der Waals surface area contributed by atoms with E-state index in [1.54, 1.807) is 20.8 Å². The number of halogens is 1. The third kappa shape index (κ3) is 4.46. The highest BCUT2D eigenvalue weighted by Gasteiger charge is 2.23. The number of benzene rings is 1.